The summed E-state index contributed by atoms with van der Waals surface area (Å²) in [4.78, 5) is 29.0. The minimum atomic E-state index is -4.64. The summed E-state index contributed by atoms with van der Waals surface area (Å²) < 4.78 is 43.3. The molecule has 0 saturated heterocycles. The number of hydrogen-bond donors (Lipinski definition) is 0. The van der Waals surface area contributed by atoms with E-state index in [4.69, 9.17) is 0 Å². The van der Waals surface area contributed by atoms with Gasteiger partial charge >= 0.3 is 12.1 Å². The summed E-state index contributed by atoms with van der Waals surface area (Å²) in [6.07, 6.45) is -4.64. The lowest BCUT2D eigenvalue weighted by Crippen LogP contribution is -2.42. The molecule has 0 aliphatic rings. The molecule has 0 unspecified atom stereocenters. The molecule has 5 nitrogen and oxygen atoms in total. The van der Waals surface area contributed by atoms with Gasteiger partial charge in [0, 0.05) is 5.39 Å². The number of ether oxygens (including phenoxy) is 1. The molecule has 0 bridgehead atoms. The first-order chi connectivity index (χ1) is 12.1. The van der Waals surface area contributed by atoms with E-state index in [1.807, 2.05) is 13.0 Å². The Morgan fingerprint density at radius 3 is 2.50 bits per heavy atom. The lowest BCUT2D eigenvalue weighted by Gasteiger charge is -2.23. The van der Waals surface area contributed by atoms with Crippen molar-refractivity contribution in [3.05, 3.63) is 41.1 Å². The van der Waals surface area contributed by atoms with Gasteiger partial charge in [0.25, 0.3) is 5.91 Å². The summed E-state index contributed by atoms with van der Waals surface area (Å²) in [5.41, 5.74) is 1.89. The van der Waals surface area contributed by atoms with E-state index in [-0.39, 0.29) is 12.2 Å². The van der Waals surface area contributed by atoms with Crippen LogP contribution in [0.25, 0.3) is 10.9 Å². The van der Waals surface area contributed by atoms with Crippen LogP contribution in [0.4, 0.5) is 13.2 Å². The van der Waals surface area contributed by atoms with E-state index in [0.29, 0.717) is 21.5 Å². The van der Waals surface area contributed by atoms with Crippen molar-refractivity contribution in [2.45, 2.75) is 26.9 Å². The number of esters is 1. The van der Waals surface area contributed by atoms with Crippen molar-refractivity contribution in [2.24, 2.45) is 0 Å². The normalized spacial score (nSPS) is 11.5. The summed E-state index contributed by atoms with van der Waals surface area (Å²) in [5, 5.41) is 0.641. The molecule has 0 atom stereocenters. The Morgan fingerprint density at radius 2 is 1.88 bits per heavy atom. The van der Waals surface area contributed by atoms with Crippen LogP contribution in [0.3, 0.4) is 0 Å². The molecule has 0 fully saturated rings. The average molecular weight is 368 g/mol. The van der Waals surface area contributed by atoms with Gasteiger partial charge in [-0.2, -0.15) is 13.2 Å². The Hall–Kier alpha value is -2.64. The standard InChI is InChI=1S/C18H19F3N2O3/c1-4-26-16(24)9-23(10-18(19,20)21)17(25)14-8-13-7-11(2)5-6-15(13)22-12(14)3/h5-8H,4,9-10H2,1-3H3. The van der Waals surface area contributed by atoms with Crippen LogP contribution in [-0.2, 0) is 9.53 Å². The zero-order valence-corrected chi connectivity index (χ0v) is 14.7. The maximum atomic E-state index is 12.9. The maximum absolute atomic E-state index is 12.9. The first kappa shape index (κ1) is 19.7. The summed E-state index contributed by atoms with van der Waals surface area (Å²) in [6.45, 7) is 2.63. The number of benzene rings is 1. The SMILES string of the molecule is CCOC(=O)CN(CC(F)(F)F)C(=O)c1cc2cc(C)ccc2nc1C. The van der Waals surface area contributed by atoms with Crippen LogP contribution in [0.1, 0.15) is 28.5 Å². The van der Waals surface area contributed by atoms with Gasteiger partial charge in [-0.25, -0.2) is 0 Å². The van der Waals surface area contributed by atoms with Gasteiger partial charge in [0.2, 0.25) is 0 Å². The highest BCUT2D eigenvalue weighted by Gasteiger charge is 2.35. The van der Waals surface area contributed by atoms with Crippen LogP contribution >= 0.6 is 0 Å². The van der Waals surface area contributed by atoms with Crippen LogP contribution in [0.2, 0.25) is 0 Å². The van der Waals surface area contributed by atoms with E-state index in [0.717, 1.165) is 5.56 Å². The van der Waals surface area contributed by atoms with Crippen molar-refractivity contribution >= 4 is 22.8 Å². The number of pyridine rings is 1. The molecule has 1 aromatic carbocycles. The molecule has 26 heavy (non-hydrogen) atoms. The molecule has 1 heterocycles. The maximum Gasteiger partial charge on any atom is 0.406 e. The molecule has 2 rings (SSSR count). The van der Waals surface area contributed by atoms with Crippen LogP contribution in [0.15, 0.2) is 24.3 Å². The Kier molecular flexibility index (Phi) is 5.84. The van der Waals surface area contributed by atoms with Gasteiger partial charge in [-0.05, 0) is 39.0 Å². The number of alkyl halides is 3. The van der Waals surface area contributed by atoms with Crippen LogP contribution in [0.5, 0.6) is 0 Å². The molecule has 8 heteroatoms. The summed E-state index contributed by atoms with van der Waals surface area (Å²) >= 11 is 0. The van der Waals surface area contributed by atoms with E-state index in [1.165, 1.54) is 13.0 Å². The highest BCUT2D eigenvalue weighted by molar-refractivity contribution is 6.00. The summed E-state index contributed by atoms with van der Waals surface area (Å²) in [7, 11) is 0. The molecule has 2 aromatic rings. The van der Waals surface area contributed by atoms with Crippen molar-refractivity contribution in [1.82, 2.24) is 9.88 Å². The van der Waals surface area contributed by atoms with Crippen molar-refractivity contribution < 1.29 is 27.5 Å². The minimum absolute atomic E-state index is 0.0166. The fraction of sp³-hybridized carbons (Fsp3) is 0.389. The summed E-state index contributed by atoms with van der Waals surface area (Å²) in [5.74, 6) is -1.81. The quantitative estimate of drug-likeness (QED) is 0.759. The highest BCUT2D eigenvalue weighted by atomic mass is 19.4. The molecule has 1 amide bonds. The molecule has 0 spiro atoms. The lowest BCUT2D eigenvalue weighted by atomic mass is 10.1. The number of aromatic nitrogens is 1. The topological polar surface area (TPSA) is 59.5 Å². The second-order valence-electron chi connectivity index (χ2n) is 5.90. The van der Waals surface area contributed by atoms with Crippen molar-refractivity contribution in [3.8, 4) is 0 Å². The molecular formula is C18H19F3N2O3. The molecule has 1 aromatic heterocycles. The Labute approximate surface area is 148 Å². The molecule has 0 radical (unpaired) electrons. The first-order valence-corrected chi connectivity index (χ1v) is 8.00. The molecule has 0 N–H and O–H groups in total. The molecule has 0 aliphatic heterocycles. The minimum Gasteiger partial charge on any atom is -0.465 e. The average Bonchev–Trinajstić information content (AvgIpc) is 2.52. The van der Waals surface area contributed by atoms with Gasteiger partial charge in [0.1, 0.15) is 13.1 Å². The van der Waals surface area contributed by atoms with Gasteiger partial charge in [0.05, 0.1) is 23.4 Å². The fourth-order valence-corrected chi connectivity index (χ4v) is 2.56. The number of amides is 1. The van der Waals surface area contributed by atoms with Crippen LogP contribution in [-0.4, -0.2) is 47.6 Å². The largest absolute Gasteiger partial charge is 0.465 e. The third-order valence-electron chi connectivity index (χ3n) is 3.67. The number of carbonyl (C=O) groups excluding carboxylic acids is 2. The fourth-order valence-electron chi connectivity index (χ4n) is 2.56. The van der Waals surface area contributed by atoms with Crippen LogP contribution in [0, 0.1) is 13.8 Å². The second kappa shape index (κ2) is 7.72. The first-order valence-electron chi connectivity index (χ1n) is 8.00. The van der Waals surface area contributed by atoms with Gasteiger partial charge in [-0.15, -0.1) is 0 Å². The highest BCUT2D eigenvalue weighted by Crippen LogP contribution is 2.22. The third kappa shape index (κ3) is 4.93. The van der Waals surface area contributed by atoms with Crippen molar-refractivity contribution in [3.63, 3.8) is 0 Å². The van der Waals surface area contributed by atoms with Gasteiger partial charge in [-0.1, -0.05) is 11.6 Å². The zero-order valence-electron chi connectivity index (χ0n) is 14.7. The number of aryl methyl sites for hydroxylation is 2. The van der Waals surface area contributed by atoms with E-state index < -0.39 is 31.1 Å². The number of fused-ring (bicyclic) bond motifs is 1. The van der Waals surface area contributed by atoms with Crippen molar-refractivity contribution in [1.29, 1.82) is 0 Å². The number of carbonyl (C=O) groups is 2. The van der Waals surface area contributed by atoms with E-state index in [2.05, 4.69) is 9.72 Å². The Balaban J connectivity index is 2.41. The lowest BCUT2D eigenvalue weighted by molar-refractivity contribution is -0.153. The molecular weight excluding hydrogens is 349 g/mol. The van der Waals surface area contributed by atoms with E-state index in [1.54, 1.807) is 19.1 Å². The van der Waals surface area contributed by atoms with E-state index >= 15 is 0 Å². The predicted octanol–water partition coefficient (Wildman–Crippen LogP) is 3.42. The smallest absolute Gasteiger partial charge is 0.406 e. The Morgan fingerprint density at radius 1 is 1.19 bits per heavy atom. The molecule has 140 valence electrons. The zero-order chi connectivity index (χ0) is 19.5. The van der Waals surface area contributed by atoms with Crippen molar-refractivity contribution in [2.75, 3.05) is 19.7 Å². The van der Waals surface area contributed by atoms with Crippen LogP contribution < -0.4 is 0 Å². The number of hydrogen-bond acceptors (Lipinski definition) is 4. The third-order valence-corrected chi connectivity index (χ3v) is 3.67. The number of nitrogens with zero attached hydrogens (tertiary/aromatic N) is 2. The second-order valence-corrected chi connectivity index (χ2v) is 5.90. The Bertz CT molecular complexity index is 834. The van der Waals surface area contributed by atoms with Gasteiger partial charge in [-0.3, -0.25) is 14.6 Å². The number of rotatable bonds is 5. The number of halogens is 3. The summed E-state index contributed by atoms with van der Waals surface area (Å²) in [6, 6.07) is 6.92. The van der Waals surface area contributed by atoms with E-state index in [9.17, 15) is 22.8 Å². The molecule has 0 saturated carbocycles. The monoisotopic (exact) mass is 368 g/mol. The van der Waals surface area contributed by atoms with Gasteiger partial charge in [0.15, 0.2) is 0 Å². The molecule has 0 aliphatic carbocycles. The van der Waals surface area contributed by atoms with Gasteiger partial charge < -0.3 is 9.64 Å². The predicted molar refractivity (Wildman–Crippen MR) is 89.8 cm³/mol.